The van der Waals surface area contributed by atoms with Crippen molar-refractivity contribution in [1.29, 1.82) is 0 Å². The molecule has 5 heteroatoms. The second kappa shape index (κ2) is 7.50. The number of methoxy groups -OCH3 is 1. The summed E-state index contributed by atoms with van der Waals surface area (Å²) in [5.74, 6) is 0.0788. The van der Waals surface area contributed by atoms with E-state index in [1.54, 1.807) is 48.8 Å². The van der Waals surface area contributed by atoms with Crippen LogP contribution in [0, 0.1) is 0 Å². The van der Waals surface area contributed by atoms with E-state index in [-0.39, 0.29) is 17.8 Å². The zero-order valence-electron chi connectivity index (χ0n) is 16.9. The molecular weight excluding hydrogens is 354 g/mol. The fourth-order valence-corrected chi connectivity index (χ4v) is 3.10. The van der Waals surface area contributed by atoms with Crippen LogP contribution in [0.5, 0.6) is 5.75 Å². The largest absolute Gasteiger partial charge is 0.497 e. The van der Waals surface area contributed by atoms with Crippen LogP contribution in [-0.4, -0.2) is 29.9 Å². The zero-order valence-corrected chi connectivity index (χ0v) is 16.9. The number of rotatable bonds is 5. The number of hydrogen-bond donors (Lipinski definition) is 0. The summed E-state index contributed by atoms with van der Waals surface area (Å²) >= 11 is 0. The van der Waals surface area contributed by atoms with Crippen LogP contribution >= 0.6 is 0 Å². The van der Waals surface area contributed by atoms with Crippen molar-refractivity contribution in [1.82, 2.24) is 4.40 Å². The molecule has 28 heavy (non-hydrogen) atoms. The van der Waals surface area contributed by atoms with Crippen molar-refractivity contribution in [2.45, 2.75) is 33.1 Å². The van der Waals surface area contributed by atoms with Gasteiger partial charge in [0.2, 0.25) is 5.78 Å². The topological polar surface area (TPSA) is 57.0 Å². The Balaban J connectivity index is 2.16. The van der Waals surface area contributed by atoms with Crippen molar-refractivity contribution in [2.75, 3.05) is 13.7 Å². The summed E-state index contributed by atoms with van der Waals surface area (Å²) in [5.41, 5.74) is 3.00. The molecule has 2 aromatic heterocycles. The van der Waals surface area contributed by atoms with Crippen LogP contribution in [0.4, 0.5) is 0 Å². The maximum atomic E-state index is 13.1. The molecule has 0 aliphatic heterocycles. The molecule has 146 valence electrons. The molecule has 5 nitrogen and oxygen atoms in total. The number of esters is 1. The minimum Gasteiger partial charge on any atom is -0.497 e. The molecule has 0 fully saturated rings. The molecule has 2 heterocycles. The summed E-state index contributed by atoms with van der Waals surface area (Å²) in [4.78, 5) is 25.6. The number of benzene rings is 1. The first-order valence-electron chi connectivity index (χ1n) is 9.27. The lowest BCUT2D eigenvalue weighted by atomic mass is 9.87. The first kappa shape index (κ1) is 19.7. The Kier molecular flexibility index (Phi) is 5.27. The number of fused-ring (bicyclic) bond motifs is 1. The van der Waals surface area contributed by atoms with Crippen molar-refractivity contribution < 1.29 is 19.1 Å². The Morgan fingerprint density at radius 1 is 1.04 bits per heavy atom. The molecule has 0 N–H and O–H groups in total. The number of hydrogen-bond acceptors (Lipinski definition) is 4. The van der Waals surface area contributed by atoms with Crippen LogP contribution < -0.4 is 4.74 Å². The second-order valence-electron chi connectivity index (χ2n) is 7.64. The highest BCUT2D eigenvalue weighted by atomic mass is 16.5. The molecule has 1 aromatic carbocycles. The van der Waals surface area contributed by atoms with Crippen LogP contribution in [0.1, 0.15) is 59.7 Å². The van der Waals surface area contributed by atoms with E-state index >= 15 is 0 Å². The maximum absolute atomic E-state index is 13.1. The lowest BCUT2D eigenvalue weighted by Crippen LogP contribution is -2.12. The van der Waals surface area contributed by atoms with Crippen molar-refractivity contribution in [2.24, 2.45) is 0 Å². The summed E-state index contributed by atoms with van der Waals surface area (Å²) in [5, 5.41) is 0. The van der Waals surface area contributed by atoms with E-state index in [2.05, 4.69) is 20.8 Å². The number of nitrogens with zero attached hydrogens (tertiary/aromatic N) is 1. The van der Waals surface area contributed by atoms with Crippen molar-refractivity contribution in [3.63, 3.8) is 0 Å². The Labute approximate surface area is 164 Å². The van der Waals surface area contributed by atoms with Gasteiger partial charge in [-0.1, -0.05) is 20.8 Å². The average Bonchev–Trinajstić information content (AvgIpc) is 3.06. The highest BCUT2D eigenvalue weighted by Crippen LogP contribution is 2.28. The van der Waals surface area contributed by atoms with Gasteiger partial charge in [-0.25, -0.2) is 4.79 Å². The fourth-order valence-electron chi connectivity index (χ4n) is 3.10. The molecular formula is C23H25NO4. The smallest absolute Gasteiger partial charge is 0.340 e. The Morgan fingerprint density at radius 3 is 2.29 bits per heavy atom. The van der Waals surface area contributed by atoms with Crippen LogP contribution in [0.2, 0.25) is 0 Å². The van der Waals surface area contributed by atoms with Crippen LogP contribution in [0.15, 0.2) is 48.7 Å². The molecule has 0 bridgehead atoms. The van der Waals surface area contributed by atoms with Gasteiger partial charge in [-0.2, -0.15) is 0 Å². The summed E-state index contributed by atoms with van der Waals surface area (Å²) in [6.45, 7) is 8.36. The zero-order chi connectivity index (χ0) is 20.5. The third-order valence-corrected chi connectivity index (χ3v) is 4.72. The number of ether oxygens (including phenoxy) is 2. The molecule has 0 atom stereocenters. The van der Waals surface area contributed by atoms with Gasteiger partial charge in [-0.05, 0) is 60.4 Å². The lowest BCUT2D eigenvalue weighted by Gasteiger charge is -2.19. The van der Waals surface area contributed by atoms with Crippen LogP contribution in [-0.2, 0) is 10.2 Å². The van der Waals surface area contributed by atoms with Gasteiger partial charge in [0, 0.05) is 11.8 Å². The van der Waals surface area contributed by atoms with E-state index in [4.69, 9.17) is 9.47 Å². The maximum Gasteiger partial charge on any atom is 0.340 e. The molecule has 0 saturated heterocycles. The molecule has 0 aliphatic carbocycles. The predicted molar refractivity (Wildman–Crippen MR) is 108 cm³/mol. The third-order valence-electron chi connectivity index (χ3n) is 4.72. The molecule has 0 radical (unpaired) electrons. The molecule has 0 aliphatic rings. The Morgan fingerprint density at radius 2 is 1.71 bits per heavy atom. The first-order valence-corrected chi connectivity index (χ1v) is 9.27. The van der Waals surface area contributed by atoms with E-state index in [0.29, 0.717) is 28.1 Å². The van der Waals surface area contributed by atoms with Crippen LogP contribution in [0.3, 0.4) is 0 Å². The summed E-state index contributed by atoms with van der Waals surface area (Å²) in [6.07, 6.45) is 1.84. The van der Waals surface area contributed by atoms with Gasteiger partial charge in [-0.15, -0.1) is 0 Å². The normalized spacial score (nSPS) is 11.5. The summed E-state index contributed by atoms with van der Waals surface area (Å²) in [7, 11) is 1.58. The quantitative estimate of drug-likeness (QED) is 0.478. The van der Waals surface area contributed by atoms with E-state index in [1.807, 2.05) is 18.3 Å². The Hall–Kier alpha value is -3.08. The molecule has 0 spiro atoms. The number of carbonyl (C=O) groups excluding carboxylic acids is 2. The van der Waals surface area contributed by atoms with E-state index in [9.17, 15) is 9.59 Å². The number of ketones is 1. The van der Waals surface area contributed by atoms with Crippen LogP contribution in [0.25, 0.3) is 5.52 Å². The second-order valence-corrected chi connectivity index (χ2v) is 7.64. The third kappa shape index (κ3) is 3.65. The van der Waals surface area contributed by atoms with Crippen molar-refractivity contribution in [3.05, 3.63) is 71.0 Å². The van der Waals surface area contributed by atoms with Gasteiger partial charge in [0.1, 0.15) is 5.75 Å². The first-order chi connectivity index (χ1) is 13.3. The minimum atomic E-state index is -0.431. The molecule has 3 aromatic rings. The average molecular weight is 379 g/mol. The van der Waals surface area contributed by atoms with Gasteiger partial charge in [0.15, 0.2) is 0 Å². The predicted octanol–water partition coefficient (Wildman–Crippen LogP) is 4.65. The number of aromatic nitrogens is 1. The van der Waals surface area contributed by atoms with Gasteiger partial charge >= 0.3 is 5.97 Å². The SMILES string of the molecule is CCOC(=O)c1cc(C(=O)c2ccc(OC)cc2)n2ccc(C(C)(C)C)cc12. The summed E-state index contributed by atoms with van der Waals surface area (Å²) < 4.78 is 12.1. The molecule has 0 unspecified atom stereocenters. The van der Waals surface area contributed by atoms with Gasteiger partial charge in [0.25, 0.3) is 0 Å². The van der Waals surface area contributed by atoms with Gasteiger partial charge < -0.3 is 13.9 Å². The standard InChI is InChI=1S/C23H25NO4/c1-6-28-22(26)18-14-20(21(25)15-7-9-17(27-5)10-8-15)24-12-11-16(13-19(18)24)23(2,3)4/h7-14H,6H2,1-5H3. The monoisotopic (exact) mass is 379 g/mol. The minimum absolute atomic E-state index is 0.0852. The van der Waals surface area contributed by atoms with Crippen molar-refractivity contribution >= 4 is 17.3 Å². The highest BCUT2D eigenvalue weighted by Gasteiger charge is 2.23. The summed E-state index contributed by atoms with van der Waals surface area (Å²) in [6, 6.07) is 12.5. The Bertz CT molecular complexity index is 1020. The van der Waals surface area contributed by atoms with Gasteiger partial charge in [-0.3, -0.25) is 4.79 Å². The molecule has 0 amide bonds. The van der Waals surface area contributed by atoms with E-state index in [1.165, 1.54) is 0 Å². The van der Waals surface area contributed by atoms with Crippen molar-refractivity contribution in [3.8, 4) is 5.75 Å². The van der Waals surface area contributed by atoms with E-state index < -0.39 is 5.97 Å². The lowest BCUT2D eigenvalue weighted by molar-refractivity contribution is 0.0528. The number of carbonyl (C=O) groups is 2. The molecule has 0 saturated carbocycles. The highest BCUT2D eigenvalue weighted by molar-refractivity contribution is 6.11. The van der Waals surface area contributed by atoms with E-state index in [0.717, 1.165) is 5.56 Å². The van der Waals surface area contributed by atoms with Gasteiger partial charge in [0.05, 0.1) is 30.5 Å². The fraction of sp³-hybridized carbons (Fsp3) is 0.304. The molecule has 3 rings (SSSR count). The number of pyridine rings is 1.